The molecule has 0 heterocycles. The Hall–Kier alpha value is -1.15. The molecule has 1 aliphatic carbocycles. The molecule has 0 saturated heterocycles. The van der Waals surface area contributed by atoms with Crippen LogP contribution in [0.3, 0.4) is 0 Å². The van der Waals surface area contributed by atoms with E-state index in [9.17, 15) is 4.79 Å². The number of nitrogens with two attached hydrogens (primary N) is 1. The van der Waals surface area contributed by atoms with E-state index in [1.54, 1.807) is 0 Å². The van der Waals surface area contributed by atoms with Crippen molar-refractivity contribution in [3.63, 3.8) is 0 Å². The first-order valence-corrected chi connectivity index (χ1v) is 7.45. The minimum Gasteiger partial charge on any atom is -0.329 e. The number of hydrogen-bond acceptors (Lipinski definition) is 2. The summed E-state index contributed by atoms with van der Waals surface area (Å²) in [4.78, 5) is 12.7. The maximum Gasteiger partial charge on any atom is 0.144 e. The van der Waals surface area contributed by atoms with Gasteiger partial charge in [-0.25, -0.2) is 0 Å². The number of carbonyl (C=O) groups excluding carboxylic acids is 1. The standard InChI is InChI=1S/C17H25NO/c1-14-6-8-15(9-7-14)12-16(19)17(13-18)10-4-2-3-5-11-17/h6-9H,2-5,10-13,18H2,1H3. The Morgan fingerprint density at radius 3 is 2.21 bits per heavy atom. The average Bonchev–Trinajstić information content (AvgIpc) is 2.67. The van der Waals surface area contributed by atoms with Crippen LogP contribution in [-0.4, -0.2) is 12.3 Å². The third kappa shape index (κ3) is 3.44. The molecule has 1 aliphatic rings. The molecule has 1 saturated carbocycles. The molecular formula is C17H25NO. The van der Waals surface area contributed by atoms with Crippen molar-refractivity contribution in [3.05, 3.63) is 35.4 Å². The summed E-state index contributed by atoms with van der Waals surface area (Å²) in [5.74, 6) is 0.348. The van der Waals surface area contributed by atoms with Gasteiger partial charge in [0.1, 0.15) is 5.78 Å². The second kappa shape index (κ2) is 6.33. The Kier molecular flexibility index (Phi) is 4.76. The van der Waals surface area contributed by atoms with Crippen LogP contribution in [0.15, 0.2) is 24.3 Å². The van der Waals surface area contributed by atoms with Crippen molar-refractivity contribution in [2.24, 2.45) is 11.1 Å². The molecule has 0 amide bonds. The van der Waals surface area contributed by atoms with E-state index in [2.05, 4.69) is 31.2 Å². The molecule has 0 radical (unpaired) electrons. The predicted octanol–water partition coefficient (Wildman–Crippen LogP) is 3.41. The lowest BCUT2D eigenvalue weighted by atomic mass is 9.75. The molecule has 2 nitrogen and oxygen atoms in total. The topological polar surface area (TPSA) is 43.1 Å². The van der Waals surface area contributed by atoms with Gasteiger partial charge in [0.05, 0.1) is 0 Å². The van der Waals surface area contributed by atoms with Crippen LogP contribution in [0.4, 0.5) is 0 Å². The maximum atomic E-state index is 12.7. The largest absolute Gasteiger partial charge is 0.329 e. The lowest BCUT2D eigenvalue weighted by Gasteiger charge is -2.29. The summed E-state index contributed by atoms with van der Waals surface area (Å²) >= 11 is 0. The number of ketones is 1. The molecular weight excluding hydrogens is 234 g/mol. The third-order valence-corrected chi connectivity index (χ3v) is 4.53. The summed E-state index contributed by atoms with van der Waals surface area (Å²) in [5, 5.41) is 0. The molecule has 0 atom stereocenters. The fourth-order valence-corrected chi connectivity index (χ4v) is 3.08. The molecule has 2 rings (SSSR count). The van der Waals surface area contributed by atoms with Crippen molar-refractivity contribution in [3.8, 4) is 0 Å². The fraction of sp³-hybridized carbons (Fsp3) is 0.588. The fourth-order valence-electron chi connectivity index (χ4n) is 3.08. The number of carbonyl (C=O) groups is 1. The molecule has 2 N–H and O–H groups in total. The molecule has 2 heteroatoms. The highest BCUT2D eigenvalue weighted by Crippen LogP contribution is 2.36. The smallest absolute Gasteiger partial charge is 0.144 e. The highest BCUT2D eigenvalue weighted by molar-refractivity contribution is 5.87. The lowest BCUT2D eigenvalue weighted by Crippen LogP contribution is -2.39. The molecule has 0 aromatic heterocycles. The number of Topliss-reactive ketones (excluding diaryl/α,β-unsaturated/α-hetero) is 1. The minimum atomic E-state index is -0.249. The van der Waals surface area contributed by atoms with E-state index in [4.69, 9.17) is 5.73 Å². The number of hydrogen-bond donors (Lipinski definition) is 1. The van der Waals surface area contributed by atoms with E-state index in [0.717, 1.165) is 31.2 Å². The van der Waals surface area contributed by atoms with Gasteiger partial charge >= 0.3 is 0 Å². The van der Waals surface area contributed by atoms with Gasteiger partial charge in [0.2, 0.25) is 0 Å². The second-order valence-electron chi connectivity index (χ2n) is 5.98. The normalized spacial score (nSPS) is 18.8. The van der Waals surface area contributed by atoms with Gasteiger partial charge in [0, 0.05) is 18.4 Å². The van der Waals surface area contributed by atoms with Crippen LogP contribution in [0.25, 0.3) is 0 Å². The summed E-state index contributed by atoms with van der Waals surface area (Å²) in [6.07, 6.45) is 7.30. The van der Waals surface area contributed by atoms with Gasteiger partial charge < -0.3 is 5.73 Å². The second-order valence-corrected chi connectivity index (χ2v) is 5.98. The van der Waals surface area contributed by atoms with Crippen LogP contribution < -0.4 is 5.73 Å². The van der Waals surface area contributed by atoms with Gasteiger partial charge in [-0.05, 0) is 25.3 Å². The van der Waals surface area contributed by atoms with Crippen LogP contribution in [0.1, 0.15) is 49.7 Å². The van der Waals surface area contributed by atoms with Gasteiger partial charge in [-0.2, -0.15) is 0 Å². The van der Waals surface area contributed by atoms with Crippen molar-refractivity contribution < 1.29 is 4.79 Å². The quantitative estimate of drug-likeness (QED) is 0.842. The zero-order valence-electron chi connectivity index (χ0n) is 12.0. The summed E-state index contributed by atoms with van der Waals surface area (Å²) in [5.41, 5.74) is 8.07. The zero-order chi connectivity index (χ0) is 13.7. The van der Waals surface area contributed by atoms with Crippen LogP contribution in [0, 0.1) is 12.3 Å². The van der Waals surface area contributed by atoms with Crippen molar-refractivity contribution in [1.29, 1.82) is 0 Å². The van der Waals surface area contributed by atoms with E-state index >= 15 is 0 Å². The maximum absolute atomic E-state index is 12.7. The Labute approximate surface area is 116 Å². The first kappa shape index (κ1) is 14.3. The molecule has 0 aliphatic heterocycles. The summed E-state index contributed by atoms with van der Waals surface area (Å²) in [7, 11) is 0. The average molecular weight is 259 g/mol. The summed E-state index contributed by atoms with van der Waals surface area (Å²) < 4.78 is 0. The summed E-state index contributed by atoms with van der Waals surface area (Å²) in [6.45, 7) is 2.58. The van der Waals surface area contributed by atoms with Crippen molar-refractivity contribution in [1.82, 2.24) is 0 Å². The molecule has 0 bridgehead atoms. The molecule has 0 unspecified atom stereocenters. The summed E-state index contributed by atoms with van der Waals surface area (Å²) in [6, 6.07) is 8.28. The number of aryl methyl sites for hydroxylation is 1. The Bertz CT molecular complexity index is 413. The zero-order valence-corrected chi connectivity index (χ0v) is 12.0. The Balaban J connectivity index is 2.09. The molecule has 19 heavy (non-hydrogen) atoms. The first-order chi connectivity index (χ1) is 9.16. The van der Waals surface area contributed by atoms with E-state index < -0.39 is 0 Å². The predicted molar refractivity (Wildman–Crippen MR) is 79.1 cm³/mol. The molecule has 1 aromatic carbocycles. The van der Waals surface area contributed by atoms with Crippen LogP contribution in [-0.2, 0) is 11.2 Å². The van der Waals surface area contributed by atoms with Gasteiger partial charge in [0.25, 0.3) is 0 Å². The first-order valence-electron chi connectivity index (χ1n) is 7.45. The molecule has 1 aromatic rings. The SMILES string of the molecule is Cc1ccc(CC(=O)C2(CN)CCCCCC2)cc1. The molecule has 1 fully saturated rings. The van der Waals surface area contributed by atoms with E-state index in [-0.39, 0.29) is 5.41 Å². The molecule has 104 valence electrons. The van der Waals surface area contributed by atoms with E-state index in [0.29, 0.717) is 18.7 Å². The van der Waals surface area contributed by atoms with Crippen molar-refractivity contribution in [2.75, 3.05) is 6.54 Å². The van der Waals surface area contributed by atoms with E-state index in [1.807, 2.05) is 0 Å². The van der Waals surface area contributed by atoms with Crippen LogP contribution in [0.5, 0.6) is 0 Å². The monoisotopic (exact) mass is 259 g/mol. The van der Waals surface area contributed by atoms with Crippen LogP contribution >= 0.6 is 0 Å². The van der Waals surface area contributed by atoms with Crippen molar-refractivity contribution >= 4 is 5.78 Å². The third-order valence-electron chi connectivity index (χ3n) is 4.53. The minimum absolute atomic E-state index is 0.249. The highest BCUT2D eigenvalue weighted by atomic mass is 16.1. The lowest BCUT2D eigenvalue weighted by molar-refractivity contribution is -0.128. The Morgan fingerprint density at radius 1 is 1.11 bits per heavy atom. The van der Waals surface area contributed by atoms with E-state index in [1.165, 1.54) is 18.4 Å². The van der Waals surface area contributed by atoms with Gasteiger partial charge in [-0.1, -0.05) is 55.5 Å². The highest BCUT2D eigenvalue weighted by Gasteiger charge is 2.36. The number of rotatable bonds is 4. The Morgan fingerprint density at radius 2 is 1.68 bits per heavy atom. The molecule has 0 spiro atoms. The van der Waals surface area contributed by atoms with Crippen molar-refractivity contribution in [2.45, 2.75) is 51.9 Å². The van der Waals surface area contributed by atoms with Crippen LogP contribution in [0.2, 0.25) is 0 Å². The van der Waals surface area contributed by atoms with Gasteiger partial charge in [0.15, 0.2) is 0 Å². The van der Waals surface area contributed by atoms with Gasteiger partial charge in [-0.15, -0.1) is 0 Å². The number of benzene rings is 1. The van der Waals surface area contributed by atoms with Gasteiger partial charge in [-0.3, -0.25) is 4.79 Å².